The Labute approximate surface area is 146 Å². The Bertz CT molecular complexity index is 397. The van der Waals surface area contributed by atoms with Crippen LogP contribution >= 0.6 is 47.8 Å². The highest BCUT2D eigenvalue weighted by Crippen LogP contribution is 2.36. The Balaban J connectivity index is 0.000000333. The molecule has 1 atom stereocenters. The van der Waals surface area contributed by atoms with Gasteiger partial charge in [-0.2, -0.15) is 0 Å². The number of hydrogen-bond donors (Lipinski definition) is 1. The number of aliphatic hydroxyl groups is 1. The summed E-state index contributed by atoms with van der Waals surface area (Å²) in [6.45, 7) is 4.48. The van der Waals surface area contributed by atoms with E-state index in [4.69, 9.17) is 4.74 Å². The van der Waals surface area contributed by atoms with Crippen molar-refractivity contribution in [3.05, 3.63) is 25.6 Å². The van der Waals surface area contributed by atoms with Gasteiger partial charge in [-0.25, -0.2) is 0 Å². The molecule has 0 heterocycles. The number of aliphatic hydroxyl groups excluding tert-OH is 1. The molecule has 0 aliphatic heterocycles. The minimum absolute atomic E-state index is 0.301. The molecule has 1 aromatic carbocycles. The van der Waals surface area contributed by atoms with Gasteiger partial charge in [-0.15, -0.1) is 0 Å². The molecule has 20 heavy (non-hydrogen) atoms. The molecular weight excluding hydrogens is 452 g/mol. The quantitative estimate of drug-likeness (QED) is 0.575. The van der Waals surface area contributed by atoms with Gasteiger partial charge in [-0.1, -0.05) is 49.0 Å². The average Bonchev–Trinajstić information content (AvgIpc) is 3.21. The Hall–Kier alpha value is 0.420. The van der Waals surface area contributed by atoms with Crippen molar-refractivity contribution >= 4 is 47.8 Å². The van der Waals surface area contributed by atoms with Crippen LogP contribution in [0, 0.1) is 5.92 Å². The van der Waals surface area contributed by atoms with Gasteiger partial charge in [0.2, 0.25) is 0 Å². The predicted molar refractivity (Wildman–Crippen MR) is 94.3 cm³/mol. The first-order chi connectivity index (χ1) is 9.47. The van der Waals surface area contributed by atoms with Crippen molar-refractivity contribution in [2.45, 2.75) is 45.6 Å². The van der Waals surface area contributed by atoms with Crippen LogP contribution in [-0.4, -0.2) is 17.8 Å². The fourth-order valence-corrected chi connectivity index (χ4v) is 3.98. The number of hydrogen-bond acceptors (Lipinski definition) is 2. The third-order valence-electron chi connectivity index (χ3n) is 3.13. The molecule has 0 aromatic heterocycles. The van der Waals surface area contributed by atoms with Crippen molar-refractivity contribution in [3.63, 3.8) is 0 Å². The SMILES string of the molecule is CCC(O)COc1c(Br)cc(Br)cc1Br.CCC1CC1. The van der Waals surface area contributed by atoms with E-state index >= 15 is 0 Å². The van der Waals surface area contributed by atoms with Gasteiger partial charge in [0, 0.05) is 4.47 Å². The van der Waals surface area contributed by atoms with Crippen molar-refractivity contribution in [2.75, 3.05) is 6.61 Å². The lowest BCUT2D eigenvalue weighted by Crippen LogP contribution is -2.16. The van der Waals surface area contributed by atoms with Crippen LogP contribution in [0.1, 0.15) is 39.5 Å². The Morgan fingerprint density at radius 2 is 1.75 bits per heavy atom. The maximum absolute atomic E-state index is 9.39. The maximum atomic E-state index is 9.39. The van der Waals surface area contributed by atoms with E-state index in [1.807, 2.05) is 19.1 Å². The minimum Gasteiger partial charge on any atom is -0.489 e. The second-order valence-electron chi connectivity index (χ2n) is 4.92. The lowest BCUT2D eigenvalue weighted by atomic mass is 10.3. The number of rotatable bonds is 5. The molecule has 1 saturated carbocycles. The standard InChI is InChI=1S/C10H11Br3O2.C5H10/c1-2-7(14)5-15-10-8(12)3-6(11)4-9(10)13;1-2-5-3-4-5/h3-4,7,14H,2,5H2,1H3;5H,2-4H2,1H3. The van der Waals surface area contributed by atoms with Gasteiger partial charge >= 0.3 is 0 Å². The number of ether oxygens (including phenoxy) is 1. The lowest BCUT2D eigenvalue weighted by molar-refractivity contribution is 0.103. The fourth-order valence-electron chi connectivity index (χ4n) is 1.49. The molecule has 2 nitrogen and oxygen atoms in total. The third kappa shape index (κ3) is 6.92. The van der Waals surface area contributed by atoms with Crippen molar-refractivity contribution in [1.82, 2.24) is 0 Å². The van der Waals surface area contributed by atoms with Crippen LogP contribution in [0.3, 0.4) is 0 Å². The summed E-state index contributed by atoms with van der Waals surface area (Å²) in [7, 11) is 0. The summed E-state index contributed by atoms with van der Waals surface area (Å²) in [4.78, 5) is 0. The highest BCUT2D eigenvalue weighted by Gasteiger charge is 2.17. The fraction of sp³-hybridized carbons (Fsp3) is 0.600. The van der Waals surface area contributed by atoms with Crippen LogP contribution in [0.25, 0.3) is 0 Å². The number of halogens is 3. The summed E-state index contributed by atoms with van der Waals surface area (Å²) in [5.74, 6) is 1.85. The highest BCUT2D eigenvalue weighted by atomic mass is 79.9. The van der Waals surface area contributed by atoms with E-state index in [9.17, 15) is 5.11 Å². The number of benzene rings is 1. The molecule has 0 saturated heterocycles. The topological polar surface area (TPSA) is 29.5 Å². The van der Waals surface area contributed by atoms with E-state index in [0.717, 1.165) is 19.3 Å². The average molecular weight is 473 g/mol. The first-order valence-corrected chi connectivity index (χ1v) is 9.31. The summed E-state index contributed by atoms with van der Waals surface area (Å²) in [6, 6.07) is 3.80. The molecule has 1 aromatic rings. The van der Waals surface area contributed by atoms with Gasteiger partial charge in [0.1, 0.15) is 12.4 Å². The summed E-state index contributed by atoms with van der Waals surface area (Å²) in [5.41, 5.74) is 0. The van der Waals surface area contributed by atoms with Gasteiger partial charge in [0.05, 0.1) is 15.0 Å². The van der Waals surface area contributed by atoms with Crippen LogP contribution in [-0.2, 0) is 0 Å². The molecule has 1 aliphatic rings. The van der Waals surface area contributed by atoms with E-state index in [-0.39, 0.29) is 0 Å². The van der Waals surface area contributed by atoms with Crippen LogP contribution < -0.4 is 4.74 Å². The van der Waals surface area contributed by atoms with Crippen molar-refractivity contribution < 1.29 is 9.84 Å². The Morgan fingerprint density at radius 1 is 1.20 bits per heavy atom. The first-order valence-electron chi connectivity index (χ1n) is 6.93. The zero-order valence-corrected chi connectivity index (χ0v) is 16.6. The van der Waals surface area contributed by atoms with Crippen LogP contribution in [0.2, 0.25) is 0 Å². The monoisotopic (exact) mass is 470 g/mol. The first kappa shape index (κ1) is 18.5. The van der Waals surface area contributed by atoms with Crippen LogP contribution in [0.15, 0.2) is 25.6 Å². The van der Waals surface area contributed by atoms with Gasteiger partial charge in [-0.3, -0.25) is 0 Å². The predicted octanol–water partition coefficient (Wildman–Crippen LogP) is 5.93. The van der Waals surface area contributed by atoms with E-state index in [0.29, 0.717) is 18.8 Å². The summed E-state index contributed by atoms with van der Waals surface area (Å²) < 4.78 is 8.18. The summed E-state index contributed by atoms with van der Waals surface area (Å²) >= 11 is 10.2. The molecule has 0 spiro atoms. The van der Waals surface area contributed by atoms with Crippen molar-refractivity contribution in [3.8, 4) is 5.75 Å². The normalized spacial score (nSPS) is 15.3. The molecule has 1 N–H and O–H groups in total. The van der Waals surface area contributed by atoms with E-state index in [1.165, 1.54) is 19.3 Å². The molecule has 1 aliphatic carbocycles. The lowest BCUT2D eigenvalue weighted by Gasteiger charge is -2.13. The van der Waals surface area contributed by atoms with Gasteiger partial charge in [0.25, 0.3) is 0 Å². The molecule has 2 rings (SSSR count). The molecule has 1 unspecified atom stereocenters. The van der Waals surface area contributed by atoms with Gasteiger partial charge < -0.3 is 9.84 Å². The molecule has 114 valence electrons. The molecule has 0 bridgehead atoms. The van der Waals surface area contributed by atoms with E-state index < -0.39 is 6.10 Å². The molecule has 0 radical (unpaired) electrons. The smallest absolute Gasteiger partial charge is 0.147 e. The minimum atomic E-state index is -0.424. The largest absolute Gasteiger partial charge is 0.489 e. The molecule has 1 fully saturated rings. The highest BCUT2D eigenvalue weighted by molar-refractivity contribution is 9.11. The molecule has 5 heteroatoms. The van der Waals surface area contributed by atoms with Crippen molar-refractivity contribution in [1.29, 1.82) is 0 Å². The van der Waals surface area contributed by atoms with Crippen LogP contribution in [0.4, 0.5) is 0 Å². The molecular formula is C15H21Br3O2. The Morgan fingerprint density at radius 3 is 2.10 bits per heavy atom. The second-order valence-corrected chi connectivity index (χ2v) is 7.55. The summed E-state index contributed by atoms with van der Waals surface area (Å²) in [5, 5.41) is 9.39. The van der Waals surface area contributed by atoms with Crippen LogP contribution in [0.5, 0.6) is 5.75 Å². The summed E-state index contributed by atoms with van der Waals surface area (Å²) in [6.07, 6.45) is 4.70. The van der Waals surface area contributed by atoms with E-state index in [1.54, 1.807) is 0 Å². The maximum Gasteiger partial charge on any atom is 0.147 e. The van der Waals surface area contributed by atoms with Gasteiger partial charge in [-0.05, 0) is 56.3 Å². The zero-order chi connectivity index (χ0) is 15.1. The zero-order valence-electron chi connectivity index (χ0n) is 11.8. The van der Waals surface area contributed by atoms with Gasteiger partial charge in [0.15, 0.2) is 0 Å². The second kappa shape index (κ2) is 9.44. The van der Waals surface area contributed by atoms with E-state index in [2.05, 4.69) is 54.7 Å². The third-order valence-corrected chi connectivity index (χ3v) is 4.76. The van der Waals surface area contributed by atoms with Crippen molar-refractivity contribution in [2.24, 2.45) is 5.92 Å². The Kier molecular flexibility index (Phi) is 8.72. The molecule has 0 amide bonds.